The molecule has 0 N–H and O–H groups in total. The minimum absolute atomic E-state index is 0.0120. The van der Waals surface area contributed by atoms with Gasteiger partial charge in [-0.1, -0.05) is 43.3 Å². The number of methoxy groups -OCH3 is 1. The highest BCUT2D eigenvalue weighted by molar-refractivity contribution is 5.97. The molecule has 3 aromatic rings. The maximum absolute atomic E-state index is 12.7. The maximum Gasteiger partial charge on any atom is 0.383 e. The van der Waals surface area contributed by atoms with Gasteiger partial charge >= 0.3 is 11.6 Å². The van der Waals surface area contributed by atoms with Crippen LogP contribution < -0.4 is 19.8 Å². The number of rotatable bonds is 8. The average molecular weight is 394 g/mol. The monoisotopic (exact) mass is 394 g/mol. The summed E-state index contributed by atoms with van der Waals surface area (Å²) in [6.45, 7) is 2.26. The molecule has 1 heterocycles. The van der Waals surface area contributed by atoms with Gasteiger partial charge in [0.25, 0.3) is 0 Å². The molecule has 0 radical (unpaired) electrons. The van der Waals surface area contributed by atoms with Crippen LogP contribution in [-0.2, 0) is 0 Å². The Morgan fingerprint density at radius 3 is 2.55 bits per heavy atom. The highest BCUT2D eigenvalue weighted by Crippen LogP contribution is 2.39. The van der Waals surface area contributed by atoms with Crippen LogP contribution in [0.3, 0.4) is 0 Å². The van der Waals surface area contributed by atoms with Gasteiger partial charge in [0.2, 0.25) is 5.75 Å². The first-order chi connectivity index (χ1) is 14.2. The Labute approximate surface area is 168 Å². The van der Waals surface area contributed by atoms with Crippen LogP contribution in [0.5, 0.6) is 17.2 Å². The molecule has 6 nitrogen and oxygen atoms in total. The van der Waals surface area contributed by atoms with Crippen molar-refractivity contribution in [3.8, 4) is 17.2 Å². The lowest BCUT2D eigenvalue weighted by molar-refractivity contribution is 0.0729. The first-order valence-electron chi connectivity index (χ1n) is 9.34. The summed E-state index contributed by atoms with van der Waals surface area (Å²) in [5.74, 6) is -0.379. The van der Waals surface area contributed by atoms with Crippen molar-refractivity contribution in [2.75, 3.05) is 13.7 Å². The van der Waals surface area contributed by atoms with Crippen molar-refractivity contribution in [2.24, 2.45) is 0 Å². The van der Waals surface area contributed by atoms with E-state index < -0.39 is 11.6 Å². The van der Waals surface area contributed by atoms with Gasteiger partial charge in [-0.2, -0.15) is 0 Å². The second kappa shape index (κ2) is 9.59. The molecule has 0 spiro atoms. The third kappa shape index (κ3) is 4.66. The van der Waals surface area contributed by atoms with Crippen molar-refractivity contribution in [3.63, 3.8) is 0 Å². The Morgan fingerprint density at radius 1 is 1.03 bits per heavy atom. The molecule has 0 saturated carbocycles. The molecule has 0 atom stereocenters. The molecule has 3 rings (SSSR count). The number of allylic oxidation sites excluding steroid dienone is 1. The summed E-state index contributed by atoms with van der Waals surface area (Å²) in [6, 6.07) is 13.5. The molecule has 6 heteroatoms. The predicted molar refractivity (Wildman–Crippen MR) is 110 cm³/mol. The minimum Gasteiger partial charge on any atom is -0.496 e. The second-order valence-corrected chi connectivity index (χ2v) is 6.15. The van der Waals surface area contributed by atoms with Crippen LogP contribution in [-0.4, -0.2) is 19.7 Å². The van der Waals surface area contributed by atoms with Crippen LogP contribution >= 0.6 is 0 Å². The Balaban J connectivity index is 2.06. The minimum atomic E-state index is -0.721. The molecule has 1 aromatic heterocycles. The number of fused-ring (bicyclic) bond motifs is 1. The van der Waals surface area contributed by atoms with Gasteiger partial charge in [-0.25, -0.2) is 9.59 Å². The van der Waals surface area contributed by atoms with Gasteiger partial charge in [-0.15, -0.1) is 0 Å². The van der Waals surface area contributed by atoms with Gasteiger partial charge in [0.1, 0.15) is 16.7 Å². The first-order valence-corrected chi connectivity index (χ1v) is 9.34. The lowest BCUT2D eigenvalue weighted by atomic mass is 10.2. The van der Waals surface area contributed by atoms with E-state index in [1.807, 2.05) is 19.1 Å². The van der Waals surface area contributed by atoms with Gasteiger partial charge in [0.15, 0.2) is 5.75 Å². The van der Waals surface area contributed by atoms with Crippen molar-refractivity contribution in [2.45, 2.75) is 19.8 Å². The Morgan fingerprint density at radius 2 is 1.83 bits per heavy atom. The molecule has 0 aliphatic carbocycles. The van der Waals surface area contributed by atoms with Crippen molar-refractivity contribution in [3.05, 3.63) is 76.7 Å². The number of carbonyl (C=O) groups is 1. The highest BCUT2D eigenvalue weighted by Gasteiger charge is 2.23. The van der Waals surface area contributed by atoms with Crippen LogP contribution in [0.4, 0.5) is 0 Å². The van der Waals surface area contributed by atoms with Crippen molar-refractivity contribution < 1.29 is 23.4 Å². The van der Waals surface area contributed by atoms with Crippen molar-refractivity contribution in [1.29, 1.82) is 0 Å². The molecule has 0 saturated heterocycles. The van der Waals surface area contributed by atoms with Crippen LogP contribution in [0.2, 0.25) is 0 Å². The van der Waals surface area contributed by atoms with Gasteiger partial charge in [0, 0.05) is 0 Å². The molecule has 0 aliphatic heterocycles. The molecule has 0 amide bonds. The Kier molecular flexibility index (Phi) is 6.68. The van der Waals surface area contributed by atoms with E-state index in [0.717, 1.165) is 6.42 Å². The van der Waals surface area contributed by atoms with Gasteiger partial charge in [-0.3, -0.25) is 0 Å². The molecule has 2 aromatic carbocycles. The number of benzene rings is 2. The fourth-order valence-corrected chi connectivity index (χ4v) is 2.80. The molecule has 0 fully saturated rings. The standard InChI is InChI=1S/C23H22O6/c1-3-4-5-9-15-27-21-20(29-22(24)16-11-7-6-8-12-16)19-17(26-2)13-10-14-18(19)28-23(21)25/h4-8,10-14H,3,9,15H2,1-2H3/b5-4+. The summed E-state index contributed by atoms with van der Waals surface area (Å²) in [4.78, 5) is 25.2. The van der Waals surface area contributed by atoms with Gasteiger partial charge in [-0.05, 0) is 37.1 Å². The molecule has 0 bridgehead atoms. The van der Waals surface area contributed by atoms with E-state index in [9.17, 15) is 9.59 Å². The fourth-order valence-electron chi connectivity index (χ4n) is 2.80. The maximum atomic E-state index is 12.7. The third-order valence-corrected chi connectivity index (χ3v) is 4.17. The lowest BCUT2D eigenvalue weighted by Gasteiger charge is -2.14. The fraction of sp³-hybridized carbons (Fsp3) is 0.217. The van der Waals surface area contributed by atoms with E-state index in [1.54, 1.807) is 48.5 Å². The zero-order valence-corrected chi connectivity index (χ0v) is 16.3. The summed E-state index contributed by atoms with van der Waals surface area (Å²) in [7, 11) is 1.48. The Bertz CT molecular complexity index is 1070. The summed E-state index contributed by atoms with van der Waals surface area (Å²) < 4.78 is 22.1. The molecular formula is C23H22O6. The predicted octanol–water partition coefficient (Wildman–Crippen LogP) is 4.76. The summed E-state index contributed by atoms with van der Waals surface area (Å²) in [6.07, 6.45) is 5.48. The molecule has 0 aliphatic rings. The van der Waals surface area contributed by atoms with Crippen LogP contribution in [0, 0.1) is 0 Å². The van der Waals surface area contributed by atoms with Crippen molar-refractivity contribution >= 4 is 16.9 Å². The summed E-state index contributed by atoms with van der Waals surface area (Å²) in [5.41, 5.74) is -0.134. The number of carbonyl (C=O) groups excluding carboxylic acids is 1. The molecular weight excluding hydrogens is 372 g/mol. The summed E-state index contributed by atoms with van der Waals surface area (Å²) in [5, 5.41) is 0.359. The van der Waals surface area contributed by atoms with E-state index in [0.29, 0.717) is 23.1 Å². The van der Waals surface area contributed by atoms with E-state index in [4.69, 9.17) is 18.6 Å². The smallest absolute Gasteiger partial charge is 0.383 e. The SMILES string of the molecule is CC/C=C/CCOc1c(OC(=O)c2ccccc2)c2c(OC)cccc2oc1=O. The molecule has 0 unspecified atom stereocenters. The quantitative estimate of drug-likeness (QED) is 0.237. The zero-order valence-electron chi connectivity index (χ0n) is 16.3. The van der Waals surface area contributed by atoms with Crippen LogP contribution in [0.15, 0.2) is 69.9 Å². The van der Waals surface area contributed by atoms with Crippen LogP contribution in [0.25, 0.3) is 11.0 Å². The number of ether oxygens (including phenoxy) is 3. The highest BCUT2D eigenvalue weighted by atomic mass is 16.6. The van der Waals surface area contributed by atoms with E-state index in [-0.39, 0.29) is 23.7 Å². The first kappa shape index (κ1) is 20.2. The second-order valence-electron chi connectivity index (χ2n) is 6.15. The zero-order chi connectivity index (χ0) is 20.6. The summed E-state index contributed by atoms with van der Waals surface area (Å²) >= 11 is 0. The lowest BCUT2D eigenvalue weighted by Crippen LogP contribution is -2.15. The average Bonchev–Trinajstić information content (AvgIpc) is 2.75. The van der Waals surface area contributed by atoms with Crippen LogP contribution in [0.1, 0.15) is 30.1 Å². The van der Waals surface area contributed by atoms with Gasteiger partial charge in [0.05, 0.1) is 19.3 Å². The largest absolute Gasteiger partial charge is 0.496 e. The van der Waals surface area contributed by atoms with E-state index in [2.05, 4.69) is 0 Å². The molecule has 29 heavy (non-hydrogen) atoms. The number of hydrogen-bond acceptors (Lipinski definition) is 6. The Hall–Kier alpha value is -3.54. The number of esters is 1. The number of hydrogen-bond donors (Lipinski definition) is 0. The van der Waals surface area contributed by atoms with E-state index in [1.165, 1.54) is 7.11 Å². The topological polar surface area (TPSA) is 75.0 Å². The third-order valence-electron chi connectivity index (χ3n) is 4.17. The van der Waals surface area contributed by atoms with E-state index >= 15 is 0 Å². The normalized spacial score (nSPS) is 11.0. The van der Waals surface area contributed by atoms with Crippen molar-refractivity contribution in [1.82, 2.24) is 0 Å². The molecule has 150 valence electrons. The van der Waals surface area contributed by atoms with Gasteiger partial charge < -0.3 is 18.6 Å².